The maximum absolute atomic E-state index is 2.54. The minimum atomic E-state index is 0.853. The SMILES string of the molecule is CCCC=CC(CCCCCC)CCCCCCCCC=CCCCC. The molecule has 0 nitrogen and oxygen atoms in total. The maximum atomic E-state index is 2.54. The fraction of sp³-hybridized carbons (Fsp3) is 0.846. The standard InChI is InChI=1S/C26H50/c1-4-7-10-12-13-14-15-16-17-18-19-22-25-26(23-20-9-6-3)24-21-11-8-5-2/h12-13,20,23,26H,4-11,14-19,21-22,24-25H2,1-3H3. The average molecular weight is 363 g/mol. The second kappa shape index (κ2) is 22.5. The van der Waals surface area contributed by atoms with E-state index in [0.29, 0.717) is 0 Å². The van der Waals surface area contributed by atoms with E-state index in [1.54, 1.807) is 0 Å². The van der Waals surface area contributed by atoms with Crippen LogP contribution in [0.25, 0.3) is 0 Å². The minimum Gasteiger partial charge on any atom is -0.0885 e. The average Bonchev–Trinajstić information content (AvgIpc) is 2.65. The van der Waals surface area contributed by atoms with Crippen LogP contribution < -0.4 is 0 Å². The molecule has 0 N–H and O–H groups in total. The molecule has 1 unspecified atom stereocenters. The van der Waals surface area contributed by atoms with Crippen LogP contribution in [0.1, 0.15) is 136 Å². The van der Waals surface area contributed by atoms with Crippen molar-refractivity contribution in [3.8, 4) is 0 Å². The van der Waals surface area contributed by atoms with E-state index in [2.05, 4.69) is 45.1 Å². The predicted molar refractivity (Wildman–Crippen MR) is 122 cm³/mol. The smallest absolute Gasteiger partial charge is 0.0234 e. The Morgan fingerprint density at radius 1 is 0.462 bits per heavy atom. The number of hydrogen-bond acceptors (Lipinski definition) is 0. The monoisotopic (exact) mass is 362 g/mol. The molecular weight excluding hydrogens is 312 g/mol. The molecule has 0 saturated carbocycles. The minimum absolute atomic E-state index is 0.853. The molecule has 0 spiro atoms. The van der Waals surface area contributed by atoms with Crippen molar-refractivity contribution in [3.63, 3.8) is 0 Å². The van der Waals surface area contributed by atoms with Gasteiger partial charge in [-0.2, -0.15) is 0 Å². The van der Waals surface area contributed by atoms with Gasteiger partial charge in [-0.25, -0.2) is 0 Å². The molecule has 0 aromatic rings. The molecule has 0 aliphatic rings. The Kier molecular flexibility index (Phi) is 22.1. The third kappa shape index (κ3) is 19.8. The molecule has 26 heavy (non-hydrogen) atoms. The predicted octanol–water partition coefficient (Wildman–Crippen LogP) is 9.80. The van der Waals surface area contributed by atoms with Crippen LogP contribution >= 0.6 is 0 Å². The molecule has 0 amide bonds. The molecule has 154 valence electrons. The van der Waals surface area contributed by atoms with Crippen LogP contribution in [0.5, 0.6) is 0 Å². The van der Waals surface area contributed by atoms with Crippen LogP contribution in [0.2, 0.25) is 0 Å². The molecule has 1 atom stereocenters. The molecule has 0 aliphatic carbocycles. The normalized spacial score (nSPS) is 13.2. The van der Waals surface area contributed by atoms with Crippen LogP contribution in [0, 0.1) is 5.92 Å². The second-order valence-electron chi connectivity index (χ2n) is 8.14. The summed E-state index contributed by atoms with van der Waals surface area (Å²) in [6.45, 7) is 6.85. The van der Waals surface area contributed by atoms with Gasteiger partial charge in [0.1, 0.15) is 0 Å². The molecule has 0 aliphatic heterocycles. The zero-order valence-electron chi connectivity index (χ0n) is 18.6. The summed E-state index contributed by atoms with van der Waals surface area (Å²) < 4.78 is 0. The highest BCUT2D eigenvalue weighted by Gasteiger charge is 2.04. The second-order valence-corrected chi connectivity index (χ2v) is 8.14. The molecule has 0 fully saturated rings. The van der Waals surface area contributed by atoms with Crippen molar-refractivity contribution in [1.29, 1.82) is 0 Å². The largest absolute Gasteiger partial charge is 0.0885 e. The van der Waals surface area contributed by atoms with E-state index in [0.717, 1.165) is 5.92 Å². The van der Waals surface area contributed by atoms with Gasteiger partial charge >= 0.3 is 0 Å². The third-order valence-electron chi connectivity index (χ3n) is 5.38. The van der Waals surface area contributed by atoms with Crippen LogP contribution in [0.3, 0.4) is 0 Å². The summed E-state index contributed by atoms with van der Waals surface area (Å²) in [6, 6.07) is 0. The summed E-state index contributed by atoms with van der Waals surface area (Å²) >= 11 is 0. The van der Waals surface area contributed by atoms with Crippen molar-refractivity contribution in [2.24, 2.45) is 5.92 Å². The first kappa shape index (κ1) is 25.5. The van der Waals surface area contributed by atoms with Gasteiger partial charge in [0.2, 0.25) is 0 Å². The van der Waals surface area contributed by atoms with E-state index >= 15 is 0 Å². The molecule has 0 bridgehead atoms. The van der Waals surface area contributed by atoms with Gasteiger partial charge in [0.05, 0.1) is 0 Å². The van der Waals surface area contributed by atoms with E-state index in [1.807, 2.05) is 0 Å². The highest BCUT2D eigenvalue weighted by atomic mass is 14.1. The van der Waals surface area contributed by atoms with Gasteiger partial charge in [-0.15, -0.1) is 0 Å². The first-order chi connectivity index (χ1) is 12.8. The molecule has 0 saturated heterocycles. The zero-order chi connectivity index (χ0) is 19.1. The number of unbranched alkanes of at least 4 members (excludes halogenated alkanes) is 12. The molecule has 0 aromatic carbocycles. The lowest BCUT2D eigenvalue weighted by Crippen LogP contribution is -1.97. The highest BCUT2D eigenvalue weighted by Crippen LogP contribution is 2.20. The van der Waals surface area contributed by atoms with Gasteiger partial charge in [0.15, 0.2) is 0 Å². The number of allylic oxidation sites excluding steroid dienone is 4. The highest BCUT2D eigenvalue weighted by molar-refractivity contribution is 4.88. The van der Waals surface area contributed by atoms with Gasteiger partial charge in [-0.3, -0.25) is 0 Å². The summed E-state index contributed by atoms with van der Waals surface area (Å²) in [7, 11) is 0. The first-order valence-corrected chi connectivity index (χ1v) is 12.2. The Bertz CT molecular complexity index is 299. The van der Waals surface area contributed by atoms with E-state index in [1.165, 1.54) is 116 Å². The lowest BCUT2D eigenvalue weighted by atomic mass is 9.93. The number of rotatable bonds is 20. The molecule has 0 radical (unpaired) electrons. The van der Waals surface area contributed by atoms with Crippen LogP contribution in [0.15, 0.2) is 24.3 Å². The lowest BCUT2D eigenvalue weighted by Gasteiger charge is -2.13. The van der Waals surface area contributed by atoms with Crippen molar-refractivity contribution < 1.29 is 0 Å². The summed E-state index contributed by atoms with van der Waals surface area (Å²) in [5.41, 5.74) is 0. The van der Waals surface area contributed by atoms with Crippen molar-refractivity contribution >= 4 is 0 Å². The van der Waals surface area contributed by atoms with Gasteiger partial charge in [0, 0.05) is 0 Å². The van der Waals surface area contributed by atoms with Gasteiger partial charge in [-0.05, 0) is 44.4 Å². The summed E-state index contributed by atoms with van der Waals surface area (Å²) in [5.74, 6) is 0.853. The number of hydrogen-bond donors (Lipinski definition) is 0. The molecule has 0 heterocycles. The Hall–Kier alpha value is -0.520. The quantitative estimate of drug-likeness (QED) is 0.149. The fourth-order valence-corrected chi connectivity index (χ4v) is 3.56. The molecular formula is C26H50. The fourth-order valence-electron chi connectivity index (χ4n) is 3.56. The Morgan fingerprint density at radius 3 is 1.62 bits per heavy atom. The van der Waals surface area contributed by atoms with Crippen molar-refractivity contribution in [3.05, 3.63) is 24.3 Å². The van der Waals surface area contributed by atoms with Crippen molar-refractivity contribution in [2.75, 3.05) is 0 Å². The first-order valence-electron chi connectivity index (χ1n) is 12.2. The molecule has 0 aromatic heterocycles. The summed E-state index contributed by atoms with van der Waals surface area (Å²) in [4.78, 5) is 0. The Balaban J connectivity index is 3.62. The van der Waals surface area contributed by atoms with Crippen molar-refractivity contribution in [2.45, 2.75) is 136 Å². The van der Waals surface area contributed by atoms with E-state index in [4.69, 9.17) is 0 Å². The van der Waals surface area contributed by atoms with Crippen molar-refractivity contribution in [1.82, 2.24) is 0 Å². The lowest BCUT2D eigenvalue weighted by molar-refractivity contribution is 0.467. The van der Waals surface area contributed by atoms with E-state index < -0.39 is 0 Å². The van der Waals surface area contributed by atoms with E-state index in [9.17, 15) is 0 Å². The van der Waals surface area contributed by atoms with Crippen LogP contribution in [-0.2, 0) is 0 Å². The summed E-state index contributed by atoms with van der Waals surface area (Å²) in [5, 5.41) is 0. The zero-order valence-corrected chi connectivity index (χ0v) is 18.6. The Morgan fingerprint density at radius 2 is 1.00 bits per heavy atom. The topological polar surface area (TPSA) is 0 Å². The van der Waals surface area contributed by atoms with Gasteiger partial charge < -0.3 is 0 Å². The van der Waals surface area contributed by atoms with E-state index in [-0.39, 0.29) is 0 Å². The third-order valence-corrected chi connectivity index (χ3v) is 5.38. The maximum Gasteiger partial charge on any atom is -0.0234 e. The van der Waals surface area contributed by atoms with Gasteiger partial charge in [0.25, 0.3) is 0 Å². The summed E-state index contributed by atoms with van der Waals surface area (Å²) in [6.07, 6.45) is 34.6. The molecule has 0 rings (SSSR count). The van der Waals surface area contributed by atoms with Crippen LogP contribution in [0.4, 0.5) is 0 Å². The Labute approximate surface area is 166 Å². The van der Waals surface area contributed by atoms with Crippen LogP contribution in [-0.4, -0.2) is 0 Å². The molecule has 0 heteroatoms. The van der Waals surface area contributed by atoms with Gasteiger partial charge in [-0.1, -0.05) is 122 Å².